The van der Waals surface area contributed by atoms with E-state index >= 15 is 0 Å². The molecule has 0 saturated carbocycles. The number of nitrogens with zero attached hydrogens (tertiary/aromatic N) is 4. The lowest BCUT2D eigenvalue weighted by Gasteiger charge is -1.97. The number of hydrogen-bond donors (Lipinski definition) is 3. The molecule has 0 saturated heterocycles. The summed E-state index contributed by atoms with van der Waals surface area (Å²) in [6, 6.07) is 1.79. The van der Waals surface area contributed by atoms with Crippen LogP contribution in [0.4, 0.5) is 0 Å². The molecule has 0 aromatic carbocycles. The lowest BCUT2D eigenvalue weighted by molar-refractivity contribution is 0.454. The van der Waals surface area contributed by atoms with Gasteiger partial charge in [0, 0.05) is 24.0 Å². The fraction of sp³-hybridized carbons (Fsp3) is 0.286. The van der Waals surface area contributed by atoms with Crippen molar-refractivity contribution >= 4 is 11.7 Å². The van der Waals surface area contributed by atoms with Crippen LogP contribution < -0.4 is 16.4 Å². The van der Waals surface area contributed by atoms with Crippen molar-refractivity contribution in [3.8, 4) is 5.88 Å². The summed E-state index contributed by atoms with van der Waals surface area (Å²) in [6.45, 7) is 4.87. The van der Waals surface area contributed by atoms with Gasteiger partial charge in [0.2, 0.25) is 5.88 Å². The zero-order valence-electron chi connectivity index (χ0n) is 12.2. The van der Waals surface area contributed by atoms with Crippen LogP contribution in [0.1, 0.15) is 19.5 Å². The average Bonchev–Trinajstić information content (AvgIpc) is 3.00. The van der Waals surface area contributed by atoms with E-state index < -0.39 is 5.69 Å². The molecule has 0 aliphatic heterocycles. The molecule has 0 aliphatic rings. The predicted octanol–water partition coefficient (Wildman–Crippen LogP) is -0.444. The summed E-state index contributed by atoms with van der Waals surface area (Å²) in [4.78, 5) is 24.8. The smallest absolute Gasteiger partial charge is 0.326 e. The van der Waals surface area contributed by atoms with Crippen LogP contribution in [0.2, 0.25) is 0 Å². The molecule has 0 fully saturated rings. The summed E-state index contributed by atoms with van der Waals surface area (Å²) in [5.74, 6) is 0.237. The largest absolute Gasteiger partial charge is 0.493 e. The van der Waals surface area contributed by atoms with E-state index in [0.29, 0.717) is 28.8 Å². The number of nitrogens with one attached hydrogen (secondary N) is 2. The van der Waals surface area contributed by atoms with Crippen LogP contribution in [0.3, 0.4) is 0 Å². The van der Waals surface area contributed by atoms with Crippen LogP contribution in [0, 0.1) is 5.92 Å². The van der Waals surface area contributed by atoms with Gasteiger partial charge in [0.1, 0.15) is 5.69 Å². The normalized spacial score (nSPS) is 13.6. The highest BCUT2D eigenvalue weighted by atomic mass is 16.3. The summed E-state index contributed by atoms with van der Waals surface area (Å²) in [5.41, 5.74) is 1.04. The Balaban J connectivity index is 2.14. The summed E-state index contributed by atoms with van der Waals surface area (Å²) >= 11 is 0. The number of imidazole rings is 1. The van der Waals surface area contributed by atoms with Gasteiger partial charge in [-0.3, -0.25) is 9.98 Å². The maximum atomic E-state index is 11.2. The van der Waals surface area contributed by atoms with Gasteiger partial charge in [-0.05, 0) is 12.0 Å². The quantitative estimate of drug-likeness (QED) is 0.608. The molecule has 0 bridgehead atoms. The van der Waals surface area contributed by atoms with Gasteiger partial charge in [-0.25, -0.2) is 14.3 Å². The van der Waals surface area contributed by atoms with E-state index in [1.165, 1.54) is 0 Å². The molecule has 0 aliphatic carbocycles. The lowest BCUT2D eigenvalue weighted by Crippen LogP contribution is -2.14. The summed E-state index contributed by atoms with van der Waals surface area (Å²) in [5, 5.41) is 14.5. The Bertz CT molecular complexity index is 979. The third kappa shape index (κ3) is 2.76. The summed E-state index contributed by atoms with van der Waals surface area (Å²) in [7, 11) is 0. The molecule has 3 N–H and O–H groups in total. The Kier molecular flexibility index (Phi) is 3.50. The Morgan fingerprint density at radius 1 is 1.45 bits per heavy atom. The highest BCUT2D eigenvalue weighted by molar-refractivity contribution is 5.56. The van der Waals surface area contributed by atoms with Gasteiger partial charge < -0.3 is 10.1 Å². The number of fused-ring (bicyclic) bond motifs is 1. The fourth-order valence-electron chi connectivity index (χ4n) is 1.99. The molecule has 3 aromatic rings. The number of aromatic nitrogens is 5. The van der Waals surface area contributed by atoms with Crippen molar-refractivity contribution in [3.05, 3.63) is 45.3 Å². The van der Waals surface area contributed by atoms with Crippen LogP contribution in [0.5, 0.6) is 5.88 Å². The second kappa shape index (κ2) is 5.47. The van der Waals surface area contributed by atoms with Crippen molar-refractivity contribution in [2.45, 2.75) is 13.8 Å². The van der Waals surface area contributed by atoms with Crippen LogP contribution in [-0.2, 0) is 0 Å². The molecule has 0 atom stereocenters. The van der Waals surface area contributed by atoms with E-state index in [-0.39, 0.29) is 11.6 Å². The number of aromatic hydroxyl groups is 1. The topological polar surface area (TPSA) is 111 Å². The van der Waals surface area contributed by atoms with Gasteiger partial charge in [0.15, 0.2) is 11.1 Å². The van der Waals surface area contributed by atoms with Crippen molar-refractivity contribution in [3.63, 3.8) is 0 Å². The molecule has 3 aromatic heterocycles. The Morgan fingerprint density at radius 2 is 2.27 bits per heavy atom. The van der Waals surface area contributed by atoms with Crippen molar-refractivity contribution in [1.82, 2.24) is 24.6 Å². The van der Waals surface area contributed by atoms with Gasteiger partial charge in [0.25, 0.3) is 0 Å². The second-order valence-electron chi connectivity index (χ2n) is 5.37. The molecule has 22 heavy (non-hydrogen) atoms. The highest BCUT2D eigenvalue weighted by Gasteiger charge is 2.04. The van der Waals surface area contributed by atoms with E-state index in [0.717, 1.165) is 0 Å². The highest BCUT2D eigenvalue weighted by Crippen LogP contribution is 2.07. The number of aromatic amines is 2. The second-order valence-corrected chi connectivity index (χ2v) is 5.37. The summed E-state index contributed by atoms with van der Waals surface area (Å²) in [6.07, 6.45) is 4.99. The van der Waals surface area contributed by atoms with Crippen molar-refractivity contribution < 1.29 is 5.11 Å². The maximum Gasteiger partial charge on any atom is 0.326 e. The Labute approximate surface area is 124 Å². The van der Waals surface area contributed by atoms with E-state index in [2.05, 4.69) is 38.9 Å². The third-order valence-electron chi connectivity index (χ3n) is 3.04. The molecule has 0 spiro atoms. The van der Waals surface area contributed by atoms with Crippen LogP contribution in [0.15, 0.2) is 28.2 Å². The monoisotopic (exact) mass is 300 g/mol. The predicted molar refractivity (Wildman–Crippen MR) is 80.1 cm³/mol. The van der Waals surface area contributed by atoms with Gasteiger partial charge in [0.05, 0.1) is 6.20 Å². The third-order valence-corrected chi connectivity index (χ3v) is 3.04. The molecule has 8 nitrogen and oxygen atoms in total. The standard InChI is InChI=1S/C14H16N6O2/c1-8(2)6-15-11-3-4-20-12(18-11)9(7-16-20)5-10-13(21)19-14(22)17-10/h3-5,7-8,21H,6H2,1-2H3,(H2,17,19,22)/b9-5+,15-11?. The SMILES string of the molecule is CC(C)CN=c1ccn2nc/c(=C\c3[nH]c(=O)[nH]c3O)c2n1. The van der Waals surface area contributed by atoms with E-state index in [1.807, 2.05) is 0 Å². The minimum atomic E-state index is -0.471. The average molecular weight is 300 g/mol. The number of hydrogen-bond acceptors (Lipinski definition) is 5. The van der Waals surface area contributed by atoms with E-state index in [9.17, 15) is 9.90 Å². The first-order valence-electron chi connectivity index (χ1n) is 6.91. The molecule has 114 valence electrons. The van der Waals surface area contributed by atoms with Crippen LogP contribution in [-0.4, -0.2) is 36.2 Å². The molecule has 8 heteroatoms. The zero-order valence-corrected chi connectivity index (χ0v) is 12.2. The van der Waals surface area contributed by atoms with Crippen molar-refractivity contribution in [2.24, 2.45) is 10.9 Å². The Morgan fingerprint density at radius 3 is 2.95 bits per heavy atom. The first-order chi connectivity index (χ1) is 10.5. The number of rotatable bonds is 3. The molecule has 0 radical (unpaired) electrons. The molecular formula is C14H16N6O2. The zero-order chi connectivity index (χ0) is 15.7. The van der Waals surface area contributed by atoms with E-state index in [4.69, 9.17) is 0 Å². The summed E-state index contributed by atoms with van der Waals surface area (Å²) < 4.78 is 1.61. The fourth-order valence-corrected chi connectivity index (χ4v) is 1.99. The molecule has 0 amide bonds. The van der Waals surface area contributed by atoms with E-state index in [1.54, 1.807) is 29.1 Å². The first kappa shape index (κ1) is 14.1. The Hall–Kier alpha value is -2.90. The number of H-pyrrole nitrogens is 2. The minimum absolute atomic E-state index is 0.218. The first-order valence-corrected chi connectivity index (χ1v) is 6.91. The van der Waals surface area contributed by atoms with Gasteiger partial charge >= 0.3 is 5.69 Å². The van der Waals surface area contributed by atoms with Crippen LogP contribution >= 0.6 is 0 Å². The van der Waals surface area contributed by atoms with Gasteiger partial charge in [-0.15, -0.1) is 0 Å². The molecular weight excluding hydrogens is 284 g/mol. The van der Waals surface area contributed by atoms with Crippen molar-refractivity contribution in [2.75, 3.05) is 6.54 Å². The van der Waals surface area contributed by atoms with Gasteiger partial charge in [-0.2, -0.15) is 5.10 Å². The molecule has 0 unspecified atom stereocenters. The minimum Gasteiger partial charge on any atom is -0.493 e. The lowest BCUT2D eigenvalue weighted by atomic mass is 10.2. The van der Waals surface area contributed by atoms with Gasteiger partial charge in [-0.1, -0.05) is 13.8 Å². The molecule has 3 rings (SSSR count). The molecule has 3 heterocycles. The maximum absolute atomic E-state index is 11.2. The van der Waals surface area contributed by atoms with Crippen LogP contribution in [0.25, 0.3) is 11.7 Å². The van der Waals surface area contributed by atoms with Crippen molar-refractivity contribution in [1.29, 1.82) is 0 Å².